The number of rotatable bonds is 1. The molecule has 0 aromatic carbocycles. The van der Waals surface area contributed by atoms with Crippen LogP contribution in [0.5, 0.6) is 0 Å². The molecule has 2 atom stereocenters. The Hall–Kier alpha value is -0.610. The quantitative estimate of drug-likeness (QED) is 0.546. The summed E-state index contributed by atoms with van der Waals surface area (Å²) in [6.45, 7) is 2.38. The van der Waals surface area contributed by atoms with Crippen molar-refractivity contribution < 1.29 is 9.53 Å². The molecule has 2 aliphatic heterocycles. The molecule has 4 heteroatoms. The van der Waals surface area contributed by atoms with Gasteiger partial charge in [0.2, 0.25) is 0 Å². The summed E-state index contributed by atoms with van der Waals surface area (Å²) in [6, 6.07) is 0. The van der Waals surface area contributed by atoms with Crippen LogP contribution in [0.15, 0.2) is 0 Å². The second kappa shape index (κ2) is 3.27. The average molecular weight is 184 g/mol. The van der Waals surface area contributed by atoms with Crippen LogP contribution in [0.4, 0.5) is 0 Å². The van der Waals surface area contributed by atoms with E-state index in [4.69, 9.17) is 10.5 Å². The first kappa shape index (κ1) is 8.97. The van der Waals surface area contributed by atoms with E-state index in [1.165, 1.54) is 0 Å². The molecule has 74 valence electrons. The van der Waals surface area contributed by atoms with Gasteiger partial charge in [0.25, 0.3) is 0 Å². The Morgan fingerprint density at radius 3 is 3.15 bits per heavy atom. The molecular weight excluding hydrogens is 168 g/mol. The minimum atomic E-state index is -0.0841. The summed E-state index contributed by atoms with van der Waals surface area (Å²) in [7, 11) is 0. The van der Waals surface area contributed by atoms with Crippen molar-refractivity contribution in [3.63, 3.8) is 0 Å². The maximum Gasteiger partial charge on any atom is 0.306 e. The van der Waals surface area contributed by atoms with Crippen molar-refractivity contribution in [1.82, 2.24) is 5.32 Å². The highest BCUT2D eigenvalue weighted by molar-refractivity contribution is 5.73. The number of ether oxygens (including phenoxy) is 1. The highest BCUT2D eigenvalue weighted by Gasteiger charge is 2.48. The van der Waals surface area contributed by atoms with E-state index >= 15 is 0 Å². The summed E-state index contributed by atoms with van der Waals surface area (Å²) in [5.41, 5.74) is 5.60. The molecule has 4 nitrogen and oxygen atoms in total. The molecule has 0 aromatic heterocycles. The number of hydrogen-bond acceptors (Lipinski definition) is 4. The molecule has 2 heterocycles. The first-order valence-electron chi connectivity index (χ1n) is 4.87. The molecule has 0 amide bonds. The molecule has 2 fully saturated rings. The zero-order chi connectivity index (χ0) is 9.31. The molecule has 0 bridgehead atoms. The fourth-order valence-electron chi connectivity index (χ4n) is 2.44. The lowest BCUT2D eigenvalue weighted by atomic mass is 9.75. The Balaban J connectivity index is 2.13. The van der Waals surface area contributed by atoms with Crippen molar-refractivity contribution in [2.45, 2.75) is 25.4 Å². The van der Waals surface area contributed by atoms with Crippen molar-refractivity contribution in [3.05, 3.63) is 0 Å². The van der Waals surface area contributed by atoms with E-state index in [1.54, 1.807) is 0 Å². The number of carbonyl (C=O) groups excluding carboxylic acids is 1. The number of nitrogens with one attached hydrogen (secondary N) is 1. The van der Waals surface area contributed by atoms with Gasteiger partial charge in [-0.2, -0.15) is 0 Å². The molecule has 2 aliphatic rings. The number of carbonyl (C=O) groups is 1. The standard InChI is InChI=1S/C9H16N2O2/c10-5-7-9(4-8(12)13-7)2-1-3-11-6-9/h7,11H,1-6,10H2. The van der Waals surface area contributed by atoms with Crippen LogP contribution in [0, 0.1) is 5.41 Å². The maximum atomic E-state index is 11.2. The van der Waals surface area contributed by atoms with Crippen LogP contribution in [-0.4, -0.2) is 31.7 Å². The van der Waals surface area contributed by atoms with Gasteiger partial charge < -0.3 is 15.8 Å². The molecule has 0 aliphatic carbocycles. The zero-order valence-corrected chi connectivity index (χ0v) is 7.71. The van der Waals surface area contributed by atoms with E-state index in [0.717, 1.165) is 25.9 Å². The number of piperidine rings is 1. The van der Waals surface area contributed by atoms with Gasteiger partial charge in [0.15, 0.2) is 0 Å². The molecule has 2 unspecified atom stereocenters. The molecule has 1 spiro atoms. The van der Waals surface area contributed by atoms with Gasteiger partial charge in [0.1, 0.15) is 6.10 Å². The molecule has 0 aromatic rings. The SMILES string of the molecule is NCC1OC(=O)CC12CCCNC2. The van der Waals surface area contributed by atoms with E-state index in [2.05, 4.69) is 5.32 Å². The Morgan fingerprint density at radius 2 is 2.54 bits per heavy atom. The first-order valence-corrected chi connectivity index (χ1v) is 4.87. The third-order valence-corrected chi connectivity index (χ3v) is 3.17. The predicted octanol–water partition coefficient (Wildman–Crippen LogP) is -0.370. The molecule has 2 rings (SSSR count). The molecule has 0 saturated carbocycles. The smallest absolute Gasteiger partial charge is 0.306 e. The van der Waals surface area contributed by atoms with Gasteiger partial charge in [0.05, 0.1) is 6.42 Å². The molecule has 13 heavy (non-hydrogen) atoms. The van der Waals surface area contributed by atoms with Crippen LogP contribution in [0.2, 0.25) is 0 Å². The van der Waals surface area contributed by atoms with Crippen molar-refractivity contribution in [2.24, 2.45) is 11.1 Å². The van der Waals surface area contributed by atoms with Crippen molar-refractivity contribution in [2.75, 3.05) is 19.6 Å². The third kappa shape index (κ3) is 1.44. The van der Waals surface area contributed by atoms with Gasteiger partial charge >= 0.3 is 5.97 Å². The van der Waals surface area contributed by atoms with E-state index in [1.807, 2.05) is 0 Å². The van der Waals surface area contributed by atoms with Crippen LogP contribution in [0.25, 0.3) is 0 Å². The largest absolute Gasteiger partial charge is 0.460 e. The molecule has 0 radical (unpaired) electrons. The van der Waals surface area contributed by atoms with Crippen LogP contribution in [-0.2, 0) is 9.53 Å². The summed E-state index contributed by atoms with van der Waals surface area (Å²) >= 11 is 0. The molecule has 3 N–H and O–H groups in total. The van der Waals surface area contributed by atoms with Crippen LogP contribution in [0.3, 0.4) is 0 Å². The average Bonchev–Trinajstić information content (AvgIpc) is 2.43. The molecule has 2 saturated heterocycles. The second-order valence-corrected chi connectivity index (χ2v) is 4.03. The second-order valence-electron chi connectivity index (χ2n) is 4.03. The van der Waals surface area contributed by atoms with Gasteiger partial charge in [-0.05, 0) is 19.4 Å². The number of hydrogen-bond donors (Lipinski definition) is 2. The van der Waals surface area contributed by atoms with Crippen LogP contribution >= 0.6 is 0 Å². The normalized spacial score (nSPS) is 39.5. The van der Waals surface area contributed by atoms with Crippen molar-refractivity contribution in [3.8, 4) is 0 Å². The Kier molecular flexibility index (Phi) is 2.26. The lowest BCUT2D eigenvalue weighted by molar-refractivity contribution is -0.141. The predicted molar refractivity (Wildman–Crippen MR) is 48.1 cm³/mol. The fraction of sp³-hybridized carbons (Fsp3) is 0.889. The monoisotopic (exact) mass is 184 g/mol. The third-order valence-electron chi connectivity index (χ3n) is 3.17. The van der Waals surface area contributed by atoms with Crippen LogP contribution < -0.4 is 11.1 Å². The minimum absolute atomic E-state index is 0.00405. The topological polar surface area (TPSA) is 64.3 Å². The number of cyclic esters (lactones) is 1. The highest BCUT2D eigenvalue weighted by Crippen LogP contribution is 2.40. The van der Waals surface area contributed by atoms with E-state index in [9.17, 15) is 4.79 Å². The maximum absolute atomic E-state index is 11.2. The van der Waals surface area contributed by atoms with Crippen molar-refractivity contribution >= 4 is 5.97 Å². The fourth-order valence-corrected chi connectivity index (χ4v) is 2.44. The lowest BCUT2D eigenvalue weighted by Gasteiger charge is -2.35. The van der Waals surface area contributed by atoms with Gasteiger partial charge in [-0.25, -0.2) is 0 Å². The van der Waals surface area contributed by atoms with Crippen molar-refractivity contribution in [1.29, 1.82) is 0 Å². The summed E-state index contributed by atoms with van der Waals surface area (Å²) in [6.07, 6.45) is 2.66. The lowest BCUT2D eigenvalue weighted by Crippen LogP contribution is -2.47. The Labute approximate surface area is 77.8 Å². The number of nitrogens with two attached hydrogens (primary N) is 1. The summed E-state index contributed by atoms with van der Waals surface area (Å²) < 4.78 is 5.20. The minimum Gasteiger partial charge on any atom is -0.460 e. The van der Waals surface area contributed by atoms with Crippen LogP contribution in [0.1, 0.15) is 19.3 Å². The van der Waals surface area contributed by atoms with Gasteiger partial charge in [0, 0.05) is 18.5 Å². The van der Waals surface area contributed by atoms with E-state index < -0.39 is 0 Å². The highest BCUT2D eigenvalue weighted by atomic mass is 16.6. The summed E-state index contributed by atoms with van der Waals surface area (Å²) in [5, 5.41) is 3.31. The van der Waals surface area contributed by atoms with Gasteiger partial charge in [-0.1, -0.05) is 0 Å². The Bertz CT molecular complexity index is 212. The van der Waals surface area contributed by atoms with Gasteiger partial charge in [-0.15, -0.1) is 0 Å². The Morgan fingerprint density at radius 1 is 1.69 bits per heavy atom. The van der Waals surface area contributed by atoms with E-state index in [-0.39, 0.29) is 17.5 Å². The zero-order valence-electron chi connectivity index (χ0n) is 7.71. The first-order chi connectivity index (χ1) is 6.27. The van der Waals surface area contributed by atoms with Gasteiger partial charge in [-0.3, -0.25) is 4.79 Å². The molecular formula is C9H16N2O2. The summed E-state index contributed by atoms with van der Waals surface area (Å²) in [5.74, 6) is -0.0841. The van der Waals surface area contributed by atoms with E-state index in [0.29, 0.717) is 13.0 Å². The number of esters is 1. The summed E-state index contributed by atoms with van der Waals surface area (Å²) in [4.78, 5) is 11.2.